The lowest BCUT2D eigenvalue weighted by molar-refractivity contribution is -0.202. The number of ether oxygens (including phenoxy) is 4. The van der Waals surface area contributed by atoms with E-state index in [9.17, 15) is 9.59 Å². The van der Waals surface area contributed by atoms with E-state index in [4.69, 9.17) is 18.9 Å². The van der Waals surface area contributed by atoms with E-state index >= 15 is 0 Å². The minimum atomic E-state index is -0.756. The van der Waals surface area contributed by atoms with Crippen molar-refractivity contribution in [2.75, 3.05) is 13.2 Å². The van der Waals surface area contributed by atoms with Crippen LogP contribution in [0.5, 0.6) is 0 Å². The molecule has 4 atom stereocenters. The van der Waals surface area contributed by atoms with Gasteiger partial charge in [-0.2, -0.15) is 0 Å². The second-order valence-electron chi connectivity index (χ2n) is 5.81. The predicted molar refractivity (Wildman–Crippen MR) is 75.6 cm³/mol. The molecule has 0 bridgehead atoms. The Balaban J connectivity index is 1.91. The number of H-pyrrole nitrogens is 1. The monoisotopic (exact) mass is 312 g/mol. The fourth-order valence-corrected chi connectivity index (χ4v) is 2.88. The van der Waals surface area contributed by atoms with Crippen LogP contribution in [0.15, 0.2) is 21.9 Å². The highest BCUT2D eigenvalue weighted by Crippen LogP contribution is 2.42. The van der Waals surface area contributed by atoms with Crippen LogP contribution in [0.1, 0.15) is 27.0 Å². The number of nitrogens with zero attached hydrogens (tertiary/aromatic N) is 1. The molecule has 22 heavy (non-hydrogen) atoms. The van der Waals surface area contributed by atoms with Crippen LogP contribution in [-0.2, 0) is 18.9 Å². The van der Waals surface area contributed by atoms with Crippen LogP contribution >= 0.6 is 0 Å². The molecule has 2 aliphatic rings. The molecule has 8 heteroatoms. The number of rotatable bonds is 4. The van der Waals surface area contributed by atoms with E-state index in [1.807, 2.05) is 20.8 Å². The number of hydrogen-bond acceptors (Lipinski definition) is 6. The summed E-state index contributed by atoms with van der Waals surface area (Å²) in [5.41, 5.74) is -0.993. The summed E-state index contributed by atoms with van der Waals surface area (Å²) in [6, 6.07) is 1.27. The Hall–Kier alpha value is -1.48. The molecule has 3 heterocycles. The van der Waals surface area contributed by atoms with Gasteiger partial charge in [0.2, 0.25) is 0 Å². The van der Waals surface area contributed by atoms with E-state index in [2.05, 4.69) is 4.98 Å². The van der Waals surface area contributed by atoms with Crippen LogP contribution in [-0.4, -0.2) is 46.9 Å². The van der Waals surface area contributed by atoms with Gasteiger partial charge in [0, 0.05) is 18.9 Å². The summed E-state index contributed by atoms with van der Waals surface area (Å²) in [4.78, 5) is 25.4. The van der Waals surface area contributed by atoms with Gasteiger partial charge in [0.1, 0.15) is 18.3 Å². The van der Waals surface area contributed by atoms with Crippen molar-refractivity contribution < 1.29 is 18.9 Å². The molecular formula is C14H20N2O6. The molecule has 1 aromatic rings. The molecule has 1 aromatic heterocycles. The first-order valence-electron chi connectivity index (χ1n) is 7.31. The molecule has 2 fully saturated rings. The Kier molecular flexibility index (Phi) is 3.94. The normalized spacial score (nSPS) is 33.0. The molecule has 1 unspecified atom stereocenters. The van der Waals surface area contributed by atoms with Gasteiger partial charge in [0.15, 0.2) is 12.0 Å². The van der Waals surface area contributed by atoms with Crippen LogP contribution in [0.3, 0.4) is 0 Å². The molecular weight excluding hydrogens is 292 g/mol. The van der Waals surface area contributed by atoms with Crippen molar-refractivity contribution in [2.45, 2.75) is 51.1 Å². The van der Waals surface area contributed by atoms with Gasteiger partial charge < -0.3 is 18.9 Å². The number of nitrogens with one attached hydrogen (secondary N) is 1. The van der Waals surface area contributed by atoms with Crippen molar-refractivity contribution in [3.63, 3.8) is 0 Å². The number of fused-ring (bicyclic) bond motifs is 1. The molecule has 2 saturated heterocycles. The van der Waals surface area contributed by atoms with Gasteiger partial charge in [-0.05, 0) is 20.8 Å². The van der Waals surface area contributed by atoms with E-state index in [1.54, 1.807) is 0 Å². The topological polar surface area (TPSA) is 91.8 Å². The number of hydrogen-bond donors (Lipinski definition) is 1. The highest BCUT2D eigenvalue weighted by Gasteiger charge is 2.56. The Morgan fingerprint density at radius 2 is 2.05 bits per heavy atom. The van der Waals surface area contributed by atoms with E-state index < -0.39 is 29.4 Å². The van der Waals surface area contributed by atoms with Crippen LogP contribution in [0, 0.1) is 0 Å². The maximum Gasteiger partial charge on any atom is 0.330 e. The fourth-order valence-electron chi connectivity index (χ4n) is 2.88. The average molecular weight is 312 g/mol. The van der Waals surface area contributed by atoms with Crippen molar-refractivity contribution in [3.8, 4) is 0 Å². The first-order chi connectivity index (χ1) is 10.4. The van der Waals surface area contributed by atoms with Crippen LogP contribution in [0.25, 0.3) is 0 Å². The van der Waals surface area contributed by atoms with Crippen molar-refractivity contribution in [3.05, 3.63) is 33.1 Å². The maximum absolute atomic E-state index is 12.0. The largest absolute Gasteiger partial charge is 0.379 e. The first-order valence-corrected chi connectivity index (χ1v) is 7.31. The Morgan fingerprint density at radius 3 is 2.73 bits per heavy atom. The van der Waals surface area contributed by atoms with E-state index in [-0.39, 0.29) is 12.2 Å². The lowest BCUT2D eigenvalue weighted by Gasteiger charge is -2.24. The van der Waals surface area contributed by atoms with Crippen molar-refractivity contribution >= 4 is 0 Å². The lowest BCUT2D eigenvalue weighted by atomic mass is 10.1. The predicted octanol–water partition coefficient (Wildman–Crippen LogP) is -0.00940. The summed E-state index contributed by atoms with van der Waals surface area (Å²) in [5, 5.41) is 0. The van der Waals surface area contributed by atoms with Crippen LogP contribution < -0.4 is 11.2 Å². The van der Waals surface area contributed by atoms with Gasteiger partial charge in [-0.25, -0.2) is 4.79 Å². The van der Waals surface area contributed by atoms with Gasteiger partial charge in [0.25, 0.3) is 5.56 Å². The van der Waals surface area contributed by atoms with E-state index in [1.165, 1.54) is 16.8 Å². The van der Waals surface area contributed by atoms with Gasteiger partial charge >= 0.3 is 5.69 Å². The zero-order chi connectivity index (χ0) is 15.9. The summed E-state index contributed by atoms with van der Waals surface area (Å²) in [6.45, 7) is 6.44. The van der Waals surface area contributed by atoms with Gasteiger partial charge in [0.05, 0.1) is 6.61 Å². The summed E-state index contributed by atoms with van der Waals surface area (Å²) >= 11 is 0. The Bertz CT molecular complexity index is 651. The fraction of sp³-hybridized carbons (Fsp3) is 0.714. The molecule has 0 aromatic carbocycles. The van der Waals surface area contributed by atoms with Gasteiger partial charge in [-0.1, -0.05) is 0 Å². The molecule has 3 rings (SSSR count). The molecule has 122 valence electrons. The molecule has 2 aliphatic heterocycles. The third kappa shape index (κ3) is 2.74. The minimum absolute atomic E-state index is 0.328. The highest BCUT2D eigenvalue weighted by molar-refractivity contribution is 4.98. The third-order valence-electron chi connectivity index (χ3n) is 3.74. The van der Waals surface area contributed by atoms with Crippen molar-refractivity contribution in [1.82, 2.24) is 9.55 Å². The SMILES string of the molecule is CCOC[C@H]1O[C@@H](n2ccc(=O)[nH]c2=O)[C@H]2OC(C)(C)OC12. The maximum atomic E-state index is 12.0. The molecule has 1 N–H and O–H groups in total. The molecule has 0 saturated carbocycles. The summed E-state index contributed by atoms with van der Waals surface area (Å²) < 4.78 is 24.4. The van der Waals surface area contributed by atoms with E-state index in [0.29, 0.717) is 13.2 Å². The number of aromatic nitrogens is 2. The molecule has 0 aliphatic carbocycles. The second kappa shape index (κ2) is 5.62. The summed E-state index contributed by atoms with van der Waals surface area (Å²) in [6.07, 6.45) is -0.368. The lowest BCUT2D eigenvalue weighted by Crippen LogP contribution is -2.37. The Labute approximate surface area is 126 Å². The second-order valence-corrected chi connectivity index (χ2v) is 5.81. The first kappa shape index (κ1) is 15.4. The van der Waals surface area contributed by atoms with Crippen LogP contribution in [0.4, 0.5) is 0 Å². The average Bonchev–Trinajstić information content (AvgIpc) is 2.91. The third-order valence-corrected chi connectivity index (χ3v) is 3.74. The minimum Gasteiger partial charge on any atom is -0.379 e. The molecule has 0 spiro atoms. The highest BCUT2D eigenvalue weighted by atomic mass is 16.8. The van der Waals surface area contributed by atoms with E-state index in [0.717, 1.165) is 0 Å². The number of aromatic amines is 1. The molecule has 8 nitrogen and oxygen atoms in total. The zero-order valence-electron chi connectivity index (χ0n) is 12.8. The zero-order valence-corrected chi connectivity index (χ0v) is 12.8. The quantitative estimate of drug-likeness (QED) is 0.841. The molecule has 0 radical (unpaired) electrons. The van der Waals surface area contributed by atoms with Crippen LogP contribution in [0.2, 0.25) is 0 Å². The standard InChI is InChI=1S/C14H20N2O6/c1-4-19-7-8-10-11(22-14(2,3)21-10)12(20-8)16-6-5-9(17)15-13(16)18/h5-6,8,10-12H,4,7H2,1-3H3,(H,15,17,18)/t8-,10?,11+,12-/m1/s1. The summed E-state index contributed by atoms with van der Waals surface area (Å²) in [5.74, 6) is -0.756. The summed E-state index contributed by atoms with van der Waals surface area (Å²) in [7, 11) is 0. The Morgan fingerprint density at radius 1 is 1.32 bits per heavy atom. The van der Waals surface area contributed by atoms with Gasteiger partial charge in [-0.3, -0.25) is 14.3 Å². The molecule has 0 amide bonds. The van der Waals surface area contributed by atoms with Gasteiger partial charge in [-0.15, -0.1) is 0 Å². The van der Waals surface area contributed by atoms with Crippen molar-refractivity contribution in [1.29, 1.82) is 0 Å². The van der Waals surface area contributed by atoms with Crippen molar-refractivity contribution in [2.24, 2.45) is 0 Å². The smallest absolute Gasteiger partial charge is 0.330 e.